The number of nitrogens with zero attached hydrogens (tertiary/aromatic N) is 2. The van der Waals surface area contributed by atoms with Crippen molar-refractivity contribution >= 4 is 11.8 Å². The van der Waals surface area contributed by atoms with Crippen LogP contribution < -0.4 is 10.6 Å². The minimum atomic E-state index is -4.39. The molecule has 0 unspecified atom stereocenters. The van der Waals surface area contributed by atoms with Crippen LogP contribution in [0.1, 0.15) is 33.1 Å². The summed E-state index contributed by atoms with van der Waals surface area (Å²) < 4.78 is 46.9. The maximum Gasteiger partial charge on any atom is 0.417 e. The molecule has 0 spiro atoms. The van der Waals surface area contributed by atoms with E-state index in [4.69, 9.17) is 4.74 Å². The van der Waals surface area contributed by atoms with E-state index in [0.717, 1.165) is 7.11 Å². The molecule has 146 valence electrons. The Balaban J connectivity index is 1.59. The van der Waals surface area contributed by atoms with Crippen molar-refractivity contribution < 1.29 is 22.7 Å². The van der Waals surface area contributed by atoms with Crippen molar-refractivity contribution in [3.63, 3.8) is 0 Å². The number of fused-ring (bicyclic) bond motifs is 2. The van der Waals surface area contributed by atoms with Crippen molar-refractivity contribution in [3.05, 3.63) is 12.3 Å². The maximum atomic E-state index is 13.4. The normalized spacial score (nSPS) is 30.8. The molecule has 2 N–H and O–H groups in total. The maximum absolute atomic E-state index is 13.4. The van der Waals surface area contributed by atoms with Crippen LogP contribution in [0.15, 0.2) is 12.3 Å². The average Bonchev–Trinajstić information content (AvgIpc) is 3.21. The molecule has 0 aliphatic heterocycles. The fourth-order valence-electron chi connectivity index (χ4n) is 4.43. The van der Waals surface area contributed by atoms with Gasteiger partial charge in [-0.1, -0.05) is 13.8 Å². The predicted molar refractivity (Wildman–Crippen MR) is 89.6 cm³/mol. The van der Waals surface area contributed by atoms with Crippen LogP contribution in [-0.2, 0) is 11.3 Å². The minimum absolute atomic E-state index is 0.103. The molecule has 2 aliphatic rings. The van der Waals surface area contributed by atoms with Gasteiger partial charge in [-0.15, -0.1) is 0 Å². The summed E-state index contributed by atoms with van der Waals surface area (Å²) in [6, 6.07) is 1.01. The number of hydrogen-bond acceptors (Lipinski definition) is 3. The van der Waals surface area contributed by atoms with Gasteiger partial charge in [-0.2, -0.15) is 18.3 Å². The van der Waals surface area contributed by atoms with Gasteiger partial charge in [0.15, 0.2) is 5.60 Å². The summed E-state index contributed by atoms with van der Waals surface area (Å²) in [5.74, 6) is 0.0941. The van der Waals surface area contributed by atoms with E-state index in [2.05, 4.69) is 15.7 Å². The van der Waals surface area contributed by atoms with Gasteiger partial charge in [0.25, 0.3) is 0 Å². The Morgan fingerprint density at radius 2 is 2.19 bits per heavy atom. The molecular formula is C17H25F3N4O2. The van der Waals surface area contributed by atoms with Crippen molar-refractivity contribution in [2.24, 2.45) is 17.8 Å². The number of alkyl halides is 3. The lowest BCUT2D eigenvalue weighted by atomic mass is 9.81. The number of methoxy groups -OCH3 is 1. The molecule has 2 amide bonds. The molecular weight excluding hydrogens is 349 g/mol. The van der Waals surface area contributed by atoms with Gasteiger partial charge < -0.3 is 10.1 Å². The number of amides is 2. The lowest BCUT2D eigenvalue weighted by Crippen LogP contribution is -2.55. The van der Waals surface area contributed by atoms with Gasteiger partial charge in [-0.3, -0.25) is 5.32 Å². The van der Waals surface area contributed by atoms with Crippen molar-refractivity contribution in [3.8, 4) is 0 Å². The molecule has 2 aliphatic carbocycles. The van der Waals surface area contributed by atoms with E-state index in [1.165, 1.54) is 0 Å². The first kappa shape index (κ1) is 19.0. The lowest BCUT2D eigenvalue weighted by molar-refractivity contribution is -0.287. The van der Waals surface area contributed by atoms with Crippen molar-refractivity contribution in [1.29, 1.82) is 0 Å². The Hall–Kier alpha value is -1.77. The van der Waals surface area contributed by atoms with Crippen LogP contribution in [0, 0.1) is 17.8 Å². The van der Waals surface area contributed by atoms with Crippen molar-refractivity contribution in [2.45, 2.75) is 57.5 Å². The Morgan fingerprint density at radius 1 is 1.46 bits per heavy atom. The zero-order chi connectivity index (χ0) is 19.1. The van der Waals surface area contributed by atoms with Crippen molar-refractivity contribution in [2.75, 3.05) is 12.4 Å². The SMILES string of the molecule is CO[C@]1(C(F)(F)F)C[C@H]2C[C@@H]1C[C@@H]2NC(=O)Nc1ccnn1CC(C)C. The van der Waals surface area contributed by atoms with E-state index in [-0.39, 0.29) is 24.8 Å². The van der Waals surface area contributed by atoms with Gasteiger partial charge in [0.1, 0.15) is 5.82 Å². The van der Waals surface area contributed by atoms with Crippen LogP contribution >= 0.6 is 0 Å². The second-order valence-corrected chi connectivity index (χ2v) is 7.72. The molecule has 6 nitrogen and oxygen atoms in total. The fraction of sp³-hybridized carbons (Fsp3) is 0.765. The van der Waals surface area contributed by atoms with E-state index in [0.29, 0.717) is 24.7 Å². The Kier molecular flexibility index (Phi) is 4.94. The smallest absolute Gasteiger partial charge is 0.368 e. The topological polar surface area (TPSA) is 68.2 Å². The molecule has 1 aromatic heterocycles. The molecule has 2 saturated carbocycles. The number of anilines is 1. The van der Waals surface area contributed by atoms with E-state index in [1.54, 1.807) is 16.9 Å². The van der Waals surface area contributed by atoms with E-state index in [9.17, 15) is 18.0 Å². The van der Waals surface area contributed by atoms with Gasteiger partial charge in [0.2, 0.25) is 0 Å². The van der Waals surface area contributed by atoms with Gasteiger partial charge in [-0.05, 0) is 37.0 Å². The average molecular weight is 374 g/mol. The number of carbonyl (C=O) groups is 1. The highest BCUT2D eigenvalue weighted by atomic mass is 19.4. The summed E-state index contributed by atoms with van der Waals surface area (Å²) in [5, 5.41) is 9.74. The second-order valence-electron chi connectivity index (χ2n) is 7.72. The Morgan fingerprint density at radius 3 is 2.73 bits per heavy atom. The molecule has 3 rings (SSSR count). The van der Waals surface area contributed by atoms with E-state index in [1.807, 2.05) is 13.8 Å². The zero-order valence-corrected chi connectivity index (χ0v) is 15.1. The molecule has 2 fully saturated rings. The summed E-state index contributed by atoms with van der Waals surface area (Å²) >= 11 is 0. The molecule has 4 atom stereocenters. The summed E-state index contributed by atoms with van der Waals surface area (Å²) in [7, 11) is 1.12. The number of halogens is 3. The van der Waals surface area contributed by atoms with Gasteiger partial charge in [0, 0.05) is 25.8 Å². The first-order chi connectivity index (χ1) is 12.2. The highest BCUT2D eigenvalue weighted by molar-refractivity contribution is 5.88. The van der Waals surface area contributed by atoms with Crippen LogP contribution in [0.2, 0.25) is 0 Å². The molecule has 26 heavy (non-hydrogen) atoms. The van der Waals surface area contributed by atoms with Crippen LogP contribution in [0.5, 0.6) is 0 Å². The van der Waals surface area contributed by atoms with Crippen LogP contribution in [-0.4, -0.2) is 40.7 Å². The summed E-state index contributed by atoms with van der Waals surface area (Å²) in [5.41, 5.74) is -2.07. The van der Waals surface area contributed by atoms with Crippen molar-refractivity contribution in [1.82, 2.24) is 15.1 Å². The molecule has 0 aromatic carbocycles. The standard InChI is InChI=1S/C17H25F3N4O2/c1-10(2)9-24-14(4-5-21-24)23-15(25)22-13-7-12-6-11(13)8-16(12,26-3)17(18,19)20/h4-5,10-13H,6-9H2,1-3H3,(H2,22,23,25)/t11-,12-,13+,16-/m1/s1. The van der Waals surface area contributed by atoms with Gasteiger partial charge >= 0.3 is 12.2 Å². The lowest BCUT2D eigenvalue weighted by Gasteiger charge is -2.40. The fourth-order valence-corrected chi connectivity index (χ4v) is 4.43. The molecule has 2 bridgehead atoms. The number of rotatable bonds is 5. The van der Waals surface area contributed by atoms with Gasteiger partial charge in [-0.25, -0.2) is 9.48 Å². The third kappa shape index (κ3) is 3.28. The van der Waals surface area contributed by atoms with E-state index < -0.39 is 23.7 Å². The number of aromatic nitrogens is 2. The third-order valence-electron chi connectivity index (χ3n) is 5.58. The first-order valence-corrected chi connectivity index (χ1v) is 8.87. The Bertz CT molecular complexity index is 661. The predicted octanol–water partition coefficient (Wildman–Crippen LogP) is 3.41. The van der Waals surface area contributed by atoms with Crippen LogP contribution in [0.3, 0.4) is 0 Å². The van der Waals surface area contributed by atoms with E-state index >= 15 is 0 Å². The quantitative estimate of drug-likeness (QED) is 0.830. The molecule has 0 radical (unpaired) electrons. The summed E-state index contributed by atoms with van der Waals surface area (Å²) in [6.07, 6.45) is -2.20. The largest absolute Gasteiger partial charge is 0.417 e. The highest BCUT2D eigenvalue weighted by Gasteiger charge is 2.68. The summed E-state index contributed by atoms with van der Waals surface area (Å²) in [4.78, 5) is 12.3. The summed E-state index contributed by atoms with van der Waals surface area (Å²) in [6.45, 7) is 4.76. The number of urea groups is 1. The van der Waals surface area contributed by atoms with Crippen LogP contribution in [0.4, 0.5) is 23.8 Å². The number of nitrogens with one attached hydrogen (secondary N) is 2. The molecule has 0 saturated heterocycles. The zero-order valence-electron chi connectivity index (χ0n) is 15.1. The number of ether oxygens (including phenoxy) is 1. The van der Waals surface area contributed by atoms with Crippen LogP contribution in [0.25, 0.3) is 0 Å². The molecule has 1 aromatic rings. The number of hydrogen-bond donors (Lipinski definition) is 2. The minimum Gasteiger partial charge on any atom is -0.368 e. The molecule has 9 heteroatoms. The highest BCUT2D eigenvalue weighted by Crippen LogP contribution is 2.58. The molecule has 1 heterocycles. The second kappa shape index (κ2) is 6.75. The number of carbonyl (C=O) groups excluding carboxylic acids is 1. The third-order valence-corrected chi connectivity index (χ3v) is 5.58. The first-order valence-electron chi connectivity index (χ1n) is 8.87. The monoisotopic (exact) mass is 374 g/mol. The Labute approximate surface area is 150 Å². The van der Waals surface area contributed by atoms with Gasteiger partial charge in [0.05, 0.1) is 6.20 Å².